The first kappa shape index (κ1) is 18.1. The first-order valence-electron chi connectivity index (χ1n) is 8.13. The average molecular weight is 374 g/mol. The van der Waals surface area contributed by atoms with Gasteiger partial charge in [0.05, 0.1) is 16.8 Å². The summed E-state index contributed by atoms with van der Waals surface area (Å²) >= 11 is 0. The number of fused-ring (bicyclic) bond motifs is 2. The fraction of sp³-hybridized carbons (Fsp3) is 0.222. The Kier molecular flexibility index (Phi) is 4.55. The third-order valence-electron chi connectivity index (χ3n) is 4.32. The van der Waals surface area contributed by atoms with Gasteiger partial charge in [0.2, 0.25) is 0 Å². The quantitative estimate of drug-likeness (QED) is 0.356. The molecule has 0 aromatic heterocycles. The highest BCUT2D eigenvalue weighted by molar-refractivity contribution is 7.86. The van der Waals surface area contributed by atoms with E-state index in [4.69, 9.17) is 5.73 Å². The zero-order chi connectivity index (χ0) is 19.1. The van der Waals surface area contributed by atoms with Crippen LogP contribution in [0.5, 0.6) is 0 Å². The summed E-state index contributed by atoms with van der Waals surface area (Å²) < 4.78 is 32.9. The normalized spacial score (nSPS) is 13.3. The van der Waals surface area contributed by atoms with E-state index >= 15 is 0 Å². The zero-order valence-corrected chi connectivity index (χ0v) is 14.9. The van der Waals surface area contributed by atoms with Gasteiger partial charge in [0.25, 0.3) is 10.1 Å². The van der Waals surface area contributed by atoms with E-state index in [-0.39, 0.29) is 27.9 Å². The van der Waals surface area contributed by atoms with Gasteiger partial charge in [-0.3, -0.25) is 14.1 Å². The van der Waals surface area contributed by atoms with E-state index in [1.165, 1.54) is 6.07 Å². The van der Waals surface area contributed by atoms with Crippen LogP contribution in [0.25, 0.3) is 0 Å². The van der Waals surface area contributed by atoms with Crippen LogP contribution in [0.4, 0.5) is 11.4 Å². The topological polar surface area (TPSA) is 127 Å². The van der Waals surface area contributed by atoms with Gasteiger partial charge >= 0.3 is 0 Å². The molecule has 1 aliphatic rings. The highest BCUT2D eigenvalue weighted by Gasteiger charge is 2.36. The Labute approximate surface area is 151 Å². The molecule has 0 atom stereocenters. The van der Waals surface area contributed by atoms with Crippen molar-refractivity contribution in [3.8, 4) is 0 Å². The smallest absolute Gasteiger partial charge is 0.296 e. The molecule has 0 saturated heterocycles. The monoisotopic (exact) mass is 374 g/mol. The average Bonchev–Trinajstić information content (AvgIpc) is 2.59. The van der Waals surface area contributed by atoms with Gasteiger partial charge < -0.3 is 11.1 Å². The summed E-state index contributed by atoms with van der Waals surface area (Å²) in [4.78, 5) is 25.3. The van der Waals surface area contributed by atoms with E-state index in [2.05, 4.69) is 5.32 Å². The highest BCUT2D eigenvalue weighted by Crippen LogP contribution is 2.38. The summed E-state index contributed by atoms with van der Waals surface area (Å²) in [5.74, 6) is -0.959. The maximum Gasteiger partial charge on any atom is 0.296 e. The second kappa shape index (κ2) is 6.54. The molecule has 0 aliphatic heterocycles. The Morgan fingerprint density at radius 2 is 1.65 bits per heavy atom. The van der Waals surface area contributed by atoms with E-state index in [0.29, 0.717) is 6.54 Å². The number of carbonyl (C=O) groups excluding carboxylic acids is 2. The Bertz CT molecular complexity index is 1030. The number of nitrogens with two attached hydrogens (primary N) is 1. The minimum absolute atomic E-state index is 0.0368. The van der Waals surface area contributed by atoms with Crippen molar-refractivity contribution >= 4 is 33.1 Å². The van der Waals surface area contributed by atoms with Crippen molar-refractivity contribution in [2.45, 2.75) is 24.7 Å². The van der Waals surface area contributed by atoms with E-state index in [0.717, 1.165) is 18.9 Å². The van der Waals surface area contributed by atoms with Crippen molar-refractivity contribution in [1.29, 1.82) is 0 Å². The second-order valence-corrected chi connectivity index (χ2v) is 7.44. The molecule has 26 heavy (non-hydrogen) atoms. The zero-order valence-electron chi connectivity index (χ0n) is 14.1. The van der Waals surface area contributed by atoms with Crippen LogP contribution >= 0.6 is 0 Å². The molecule has 0 saturated carbocycles. The summed E-state index contributed by atoms with van der Waals surface area (Å²) in [6.45, 7) is 2.45. The minimum Gasteiger partial charge on any atom is -0.397 e. The van der Waals surface area contributed by atoms with Crippen LogP contribution in [0.3, 0.4) is 0 Å². The molecule has 0 bridgehead atoms. The third kappa shape index (κ3) is 2.87. The number of anilines is 2. The van der Waals surface area contributed by atoms with Gasteiger partial charge in [0.15, 0.2) is 11.6 Å². The summed E-state index contributed by atoms with van der Waals surface area (Å²) in [6, 6.07) is 7.40. The van der Waals surface area contributed by atoms with E-state index in [1.807, 2.05) is 6.92 Å². The van der Waals surface area contributed by atoms with Gasteiger partial charge in [-0.15, -0.1) is 0 Å². The number of hydrogen-bond donors (Lipinski definition) is 3. The molecule has 3 rings (SSSR count). The number of rotatable bonds is 5. The van der Waals surface area contributed by atoms with Crippen molar-refractivity contribution in [2.24, 2.45) is 0 Å². The van der Waals surface area contributed by atoms with Gasteiger partial charge in [-0.2, -0.15) is 8.42 Å². The molecule has 0 amide bonds. The molecule has 1 aliphatic carbocycles. The molecule has 0 heterocycles. The lowest BCUT2D eigenvalue weighted by Crippen LogP contribution is -2.25. The molecule has 2 aromatic carbocycles. The van der Waals surface area contributed by atoms with Gasteiger partial charge in [-0.05, 0) is 12.5 Å². The van der Waals surface area contributed by atoms with Crippen molar-refractivity contribution < 1.29 is 22.6 Å². The molecule has 0 radical (unpaired) electrons. The van der Waals surface area contributed by atoms with Crippen molar-refractivity contribution in [2.75, 3.05) is 17.6 Å². The number of hydrogen-bond acceptors (Lipinski definition) is 6. The molecule has 8 heteroatoms. The molecule has 7 nitrogen and oxygen atoms in total. The number of nitrogens with one attached hydrogen (secondary N) is 1. The standard InChI is InChI=1S/C18H18N2O5S/c1-2-3-8-20-12-9-13(26(23,24)25)16(19)15-14(12)17(21)10-6-4-5-7-11(10)18(15)22/h4-7,9,20H,2-3,8,19H2,1H3,(H,23,24,25). The van der Waals surface area contributed by atoms with Crippen molar-refractivity contribution in [1.82, 2.24) is 0 Å². The lowest BCUT2D eigenvalue weighted by atomic mass is 9.82. The van der Waals surface area contributed by atoms with E-state index in [9.17, 15) is 22.6 Å². The first-order valence-corrected chi connectivity index (χ1v) is 9.57. The molecule has 0 fully saturated rings. The summed E-state index contributed by atoms with van der Waals surface area (Å²) in [7, 11) is -4.67. The molecular formula is C18H18N2O5S. The van der Waals surface area contributed by atoms with E-state index in [1.54, 1.807) is 18.2 Å². The summed E-state index contributed by atoms with van der Waals surface area (Å²) in [6.07, 6.45) is 1.66. The Morgan fingerprint density at radius 1 is 1.08 bits per heavy atom. The van der Waals surface area contributed by atoms with Crippen LogP contribution in [0.15, 0.2) is 35.2 Å². The number of ketones is 2. The number of benzene rings is 2. The Morgan fingerprint density at radius 3 is 2.19 bits per heavy atom. The predicted octanol–water partition coefficient (Wildman–Crippen LogP) is 2.50. The SMILES string of the molecule is CCCCNc1cc(S(=O)(=O)O)c(N)c2c1C(=O)c1ccccc1C2=O. The minimum atomic E-state index is -4.67. The van der Waals surface area contributed by atoms with Crippen LogP contribution < -0.4 is 11.1 Å². The maximum absolute atomic E-state index is 13.0. The predicted molar refractivity (Wildman–Crippen MR) is 97.4 cm³/mol. The largest absolute Gasteiger partial charge is 0.397 e. The van der Waals surface area contributed by atoms with Crippen molar-refractivity contribution in [3.63, 3.8) is 0 Å². The molecule has 136 valence electrons. The second-order valence-electron chi connectivity index (χ2n) is 6.05. The number of unbranched alkanes of at least 4 members (excludes halogenated alkanes) is 1. The summed E-state index contributed by atoms with van der Waals surface area (Å²) in [5, 5.41) is 2.99. The fourth-order valence-corrected chi connectivity index (χ4v) is 3.69. The maximum atomic E-state index is 13.0. The first-order chi connectivity index (χ1) is 12.3. The molecule has 4 N–H and O–H groups in total. The van der Waals surface area contributed by atoms with Crippen LogP contribution in [-0.2, 0) is 10.1 Å². The molecule has 0 unspecified atom stereocenters. The van der Waals surface area contributed by atoms with Crippen LogP contribution in [0, 0.1) is 0 Å². The number of carbonyl (C=O) groups is 2. The molecule has 2 aromatic rings. The summed E-state index contributed by atoms with van der Waals surface area (Å²) in [5.41, 5.74) is 5.87. The van der Waals surface area contributed by atoms with Gasteiger partial charge in [-0.25, -0.2) is 0 Å². The Balaban J connectivity index is 2.31. The lowest BCUT2D eigenvalue weighted by molar-refractivity contribution is 0.0980. The third-order valence-corrected chi connectivity index (χ3v) is 5.22. The molecular weight excluding hydrogens is 356 g/mol. The van der Waals surface area contributed by atoms with Crippen LogP contribution in [0.2, 0.25) is 0 Å². The van der Waals surface area contributed by atoms with Crippen molar-refractivity contribution in [3.05, 3.63) is 52.6 Å². The molecule has 0 spiro atoms. The van der Waals surface area contributed by atoms with Gasteiger partial charge in [-0.1, -0.05) is 37.6 Å². The van der Waals surface area contributed by atoms with Crippen LogP contribution in [0.1, 0.15) is 51.6 Å². The highest BCUT2D eigenvalue weighted by atomic mass is 32.2. The Hall–Kier alpha value is -2.71. The lowest BCUT2D eigenvalue weighted by Gasteiger charge is -2.23. The fourth-order valence-electron chi connectivity index (χ4n) is 3.05. The van der Waals surface area contributed by atoms with E-state index < -0.39 is 32.3 Å². The van der Waals surface area contributed by atoms with Gasteiger partial charge in [0.1, 0.15) is 4.90 Å². The van der Waals surface area contributed by atoms with Crippen LogP contribution in [-0.4, -0.2) is 31.1 Å². The van der Waals surface area contributed by atoms with Gasteiger partial charge in [0, 0.05) is 23.4 Å². The number of nitrogen functional groups attached to an aromatic ring is 1.